The smallest absolute Gasteiger partial charge is 0.317 e. The summed E-state index contributed by atoms with van der Waals surface area (Å²) >= 11 is 0. The number of hydrogen-bond acceptors (Lipinski definition) is 5. The topological polar surface area (TPSA) is 73.3 Å². The van der Waals surface area contributed by atoms with Crippen LogP contribution in [-0.4, -0.2) is 90.2 Å². The molecule has 1 aromatic carbocycles. The molecule has 2 fully saturated rings. The summed E-state index contributed by atoms with van der Waals surface area (Å²) in [5.41, 5.74) is 0.997. The molecule has 2 aliphatic heterocycles. The number of halogens is 1. The highest BCUT2D eigenvalue weighted by Crippen LogP contribution is 2.23. The predicted molar refractivity (Wildman–Crippen MR) is 101 cm³/mol. The average Bonchev–Trinajstić information content (AvgIpc) is 3.10. The maximum Gasteiger partial charge on any atom is 0.317 e. The first kappa shape index (κ1) is 20.7. The molecule has 2 heterocycles. The SMILES string of the molecule is CN(CC(=O)O)CC1CN(C(=O)C2CCCN2Cc2ccc(F)cc2)CCO1. The minimum Gasteiger partial charge on any atom is -0.480 e. The van der Waals surface area contributed by atoms with Crippen molar-refractivity contribution in [3.8, 4) is 0 Å². The Morgan fingerprint density at radius 3 is 2.75 bits per heavy atom. The lowest BCUT2D eigenvalue weighted by Gasteiger charge is -2.37. The number of rotatable bonds is 7. The van der Waals surface area contributed by atoms with Gasteiger partial charge in [0.2, 0.25) is 5.91 Å². The molecule has 2 unspecified atom stereocenters. The highest BCUT2D eigenvalue weighted by atomic mass is 19.1. The Kier molecular flexibility index (Phi) is 6.98. The molecule has 0 radical (unpaired) electrons. The van der Waals surface area contributed by atoms with E-state index in [-0.39, 0.29) is 30.4 Å². The lowest BCUT2D eigenvalue weighted by Crippen LogP contribution is -2.54. The van der Waals surface area contributed by atoms with Crippen molar-refractivity contribution < 1.29 is 23.8 Å². The standard InChI is InChI=1S/C20H28FN3O4/c1-22(14-19(25)26)12-17-13-24(9-10-28-17)20(27)18-3-2-8-23(18)11-15-4-6-16(21)7-5-15/h4-7,17-18H,2-3,8-14H2,1H3,(H,25,26). The number of hydrogen-bond donors (Lipinski definition) is 1. The number of likely N-dealkylation sites (N-methyl/N-ethyl adjacent to an activating group) is 1. The number of amides is 1. The monoisotopic (exact) mass is 393 g/mol. The third-order valence-electron chi connectivity index (χ3n) is 5.32. The lowest BCUT2D eigenvalue weighted by molar-refractivity contribution is -0.145. The highest BCUT2D eigenvalue weighted by molar-refractivity contribution is 5.82. The third kappa shape index (κ3) is 5.50. The number of morpholine rings is 1. The number of carboxylic acids is 1. The molecule has 154 valence electrons. The van der Waals surface area contributed by atoms with Crippen LogP contribution in [0.25, 0.3) is 0 Å². The Morgan fingerprint density at radius 2 is 2.04 bits per heavy atom. The molecule has 0 aliphatic carbocycles. The molecule has 1 aromatic rings. The maximum atomic E-state index is 13.1. The average molecular weight is 393 g/mol. The van der Waals surface area contributed by atoms with Crippen LogP contribution < -0.4 is 0 Å². The van der Waals surface area contributed by atoms with Crippen molar-refractivity contribution in [2.45, 2.75) is 31.5 Å². The van der Waals surface area contributed by atoms with Crippen LogP contribution in [0.1, 0.15) is 18.4 Å². The van der Waals surface area contributed by atoms with Crippen molar-refractivity contribution in [2.75, 3.05) is 46.4 Å². The van der Waals surface area contributed by atoms with Gasteiger partial charge in [-0.2, -0.15) is 0 Å². The second-order valence-corrected chi connectivity index (χ2v) is 7.62. The molecule has 0 spiro atoms. The van der Waals surface area contributed by atoms with Crippen molar-refractivity contribution in [1.29, 1.82) is 0 Å². The second kappa shape index (κ2) is 9.45. The van der Waals surface area contributed by atoms with Crippen molar-refractivity contribution in [3.63, 3.8) is 0 Å². The van der Waals surface area contributed by atoms with E-state index < -0.39 is 5.97 Å². The van der Waals surface area contributed by atoms with Gasteiger partial charge in [0.15, 0.2) is 0 Å². The summed E-state index contributed by atoms with van der Waals surface area (Å²) in [6, 6.07) is 6.25. The fraction of sp³-hybridized carbons (Fsp3) is 0.600. The summed E-state index contributed by atoms with van der Waals surface area (Å²) in [6.45, 7) is 3.39. The first-order valence-electron chi connectivity index (χ1n) is 9.71. The van der Waals surface area contributed by atoms with E-state index in [1.165, 1.54) is 12.1 Å². The van der Waals surface area contributed by atoms with Crippen molar-refractivity contribution in [1.82, 2.24) is 14.7 Å². The summed E-state index contributed by atoms with van der Waals surface area (Å²) in [5.74, 6) is -1.03. The van der Waals surface area contributed by atoms with Crippen LogP contribution in [0, 0.1) is 5.82 Å². The molecule has 0 bridgehead atoms. The van der Waals surface area contributed by atoms with Gasteiger partial charge >= 0.3 is 5.97 Å². The zero-order valence-corrected chi connectivity index (χ0v) is 16.2. The molecule has 1 amide bonds. The van der Waals surface area contributed by atoms with E-state index in [1.54, 1.807) is 24.1 Å². The Labute approximate surface area is 164 Å². The Bertz CT molecular complexity index is 685. The van der Waals surface area contributed by atoms with Gasteiger partial charge in [0.25, 0.3) is 0 Å². The van der Waals surface area contributed by atoms with Crippen molar-refractivity contribution >= 4 is 11.9 Å². The number of carbonyl (C=O) groups is 2. The Balaban J connectivity index is 1.57. The Morgan fingerprint density at radius 1 is 1.29 bits per heavy atom. The maximum absolute atomic E-state index is 13.1. The van der Waals surface area contributed by atoms with E-state index in [2.05, 4.69) is 4.90 Å². The number of carbonyl (C=O) groups excluding carboxylic acids is 1. The van der Waals surface area contributed by atoms with E-state index >= 15 is 0 Å². The van der Waals surface area contributed by atoms with E-state index in [1.807, 2.05) is 4.90 Å². The highest BCUT2D eigenvalue weighted by Gasteiger charge is 2.35. The number of ether oxygens (including phenoxy) is 1. The van der Waals surface area contributed by atoms with Gasteiger partial charge < -0.3 is 14.7 Å². The molecular weight excluding hydrogens is 365 g/mol. The van der Waals surface area contributed by atoms with Crippen LogP contribution >= 0.6 is 0 Å². The van der Waals surface area contributed by atoms with E-state index in [0.29, 0.717) is 32.8 Å². The molecule has 0 aromatic heterocycles. The number of carboxylic acid groups (broad SMARTS) is 1. The fourth-order valence-corrected chi connectivity index (χ4v) is 4.00. The molecule has 3 rings (SSSR count). The van der Waals surface area contributed by atoms with E-state index in [0.717, 1.165) is 24.9 Å². The van der Waals surface area contributed by atoms with Gasteiger partial charge in [-0.05, 0) is 44.1 Å². The molecule has 7 nitrogen and oxygen atoms in total. The Hall–Kier alpha value is -2.03. The van der Waals surface area contributed by atoms with Gasteiger partial charge in [-0.3, -0.25) is 19.4 Å². The van der Waals surface area contributed by atoms with Gasteiger partial charge in [0, 0.05) is 26.2 Å². The van der Waals surface area contributed by atoms with Gasteiger partial charge in [-0.1, -0.05) is 12.1 Å². The van der Waals surface area contributed by atoms with E-state index in [4.69, 9.17) is 9.84 Å². The van der Waals surface area contributed by atoms with Gasteiger partial charge in [0.05, 0.1) is 25.3 Å². The minimum atomic E-state index is -0.881. The van der Waals surface area contributed by atoms with Crippen LogP contribution in [0.3, 0.4) is 0 Å². The zero-order chi connectivity index (χ0) is 20.1. The van der Waals surface area contributed by atoms with Gasteiger partial charge in [-0.15, -0.1) is 0 Å². The van der Waals surface area contributed by atoms with Crippen LogP contribution in [0.2, 0.25) is 0 Å². The molecule has 8 heteroatoms. The fourth-order valence-electron chi connectivity index (χ4n) is 4.00. The molecular formula is C20H28FN3O4. The number of likely N-dealkylation sites (tertiary alicyclic amines) is 1. The number of benzene rings is 1. The van der Waals surface area contributed by atoms with E-state index in [9.17, 15) is 14.0 Å². The predicted octanol–water partition coefficient (Wildman–Crippen LogP) is 1.03. The summed E-state index contributed by atoms with van der Waals surface area (Å²) < 4.78 is 18.9. The molecule has 2 atom stereocenters. The molecule has 0 saturated carbocycles. The number of aliphatic carboxylic acids is 1. The van der Waals surface area contributed by atoms with Crippen LogP contribution in [-0.2, 0) is 20.9 Å². The number of nitrogens with zero attached hydrogens (tertiary/aromatic N) is 3. The molecule has 2 saturated heterocycles. The quantitative estimate of drug-likeness (QED) is 0.746. The normalized spacial score (nSPS) is 23.3. The summed E-state index contributed by atoms with van der Waals surface area (Å²) in [4.78, 5) is 29.7. The molecule has 1 N–H and O–H groups in total. The lowest BCUT2D eigenvalue weighted by atomic mass is 10.1. The van der Waals surface area contributed by atoms with Crippen LogP contribution in [0.15, 0.2) is 24.3 Å². The zero-order valence-electron chi connectivity index (χ0n) is 16.2. The largest absolute Gasteiger partial charge is 0.480 e. The van der Waals surface area contributed by atoms with Gasteiger partial charge in [-0.25, -0.2) is 4.39 Å². The molecule has 2 aliphatic rings. The molecule has 28 heavy (non-hydrogen) atoms. The van der Waals surface area contributed by atoms with Crippen LogP contribution in [0.5, 0.6) is 0 Å². The minimum absolute atomic E-state index is 0.0537. The first-order valence-corrected chi connectivity index (χ1v) is 9.71. The summed E-state index contributed by atoms with van der Waals surface area (Å²) in [7, 11) is 1.74. The van der Waals surface area contributed by atoms with Gasteiger partial charge in [0.1, 0.15) is 5.82 Å². The summed E-state index contributed by atoms with van der Waals surface area (Å²) in [5, 5.41) is 8.89. The van der Waals surface area contributed by atoms with Crippen LogP contribution in [0.4, 0.5) is 4.39 Å². The third-order valence-corrected chi connectivity index (χ3v) is 5.32. The second-order valence-electron chi connectivity index (χ2n) is 7.62. The summed E-state index contributed by atoms with van der Waals surface area (Å²) in [6.07, 6.45) is 1.60. The van der Waals surface area contributed by atoms with Crippen molar-refractivity contribution in [3.05, 3.63) is 35.6 Å². The first-order chi connectivity index (χ1) is 13.4. The van der Waals surface area contributed by atoms with Crippen molar-refractivity contribution in [2.24, 2.45) is 0 Å².